The summed E-state index contributed by atoms with van der Waals surface area (Å²) in [4.78, 5) is 17.1. The molecule has 0 aliphatic heterocycles. The number of aromatic nitrogens is 1. The predicted molar refractivity (Wildman–Crippen MR) is 130 cm³/mol. The number of ether oxygens (including phenoxy) is 2. The number of halogens is 1. The Balaban J connectivity index is 1.78. The summed E-state index contributed by atoms with van der Waals surface area (Å²) in [6.07, 6.45) is 0. The summed E-state index contributed by atoms with van der Waals surface area (Å²) in [6, 6.07) is 9.37. The third-order valence-corrected chi connectivity index (χ3v) is 7.64. The number of sulfonamides is 1. The highest BCUT2D eigenvalue weighted by Crippen LogP contribution is 2.32. The van der Waals surface area contributed by atoms with Crippen LogP contribution in [0.2, 0.25) is 5.02 Å². The lowest BCUT2D eigenvalue weighted by Crippen LogP contribution is -2.35. The summed E-state index contributed by atoms with van der Waals surface area (Å²) in [6.45, 7) is -0.417. The van der Waals surface area contributed by atoms with E-state index in [9.17, 15) is 13.2 Å². The molecule has 12 heteroatoms. The fraction of sp³-hybridized carbons (Fsp3) is 0.238. The maximum atomic E-state index is 12.9. The van der Waals surface area contributed by atoms with Gasteiger partial charge < -0.3 is 20.1 Å². The molecule has 0 saturated heterocycles. The lowest BCUT2D eigenvalue weighted by atomic mass is 10.1. The van der Waals surface area contributed by atoms with E-state index in [1.807, 2.05) is 11.4 Å². The highest BCUT2D eigenvalue weighted by Gasteiger charge is 2.24. The van der Waals surface area contributed by atoms with Gasteiger partial charge in [0, 0.05) is 25.0 Å². The van der Waals surface area contributed by atoms with Crippen molar-refractivity contribution in [2.24, 2.45) is 0 Å². The minimum Gasteiger partial charge on any atom is -0.495 e. The number of anilines is 2. The van der Waals surface area contributed by atoms with Crippen LogP contribution in [0.4, 0.5) is 10.8 Å². The normalized spacial score (nSPS) is 11.3. The number of likely N-dealkylation sites (N-methyl/N-ethyl adjacent to an activating group) is 1. The Hall–Kier alpha value is -2.86. The molecule has 33 heavy (non-hydrogen) atoms. The van der Waals surface area contributed by atoms with E-state index in [1.54, 1.807) is 19.2 Å². The quantitative estimate of drug-likeness (QED) is 0.450. The molecule has 176 valence electrons. The number of amides is 1. The lowest BCUT2D eigenvalue weighted by molar-refractivity contribution is -0.116. The molecule has 0 fully saturated rings. The summed E-state index contributed by atoms with van der Waals surface area (Å²) >= 11 is 7.51. The third kappa shape index (κ3) is 5.56. The Morgan fingerprint density at radius 3 is 2.45 bits per heavy atom. The van der Waals surface area contributed by atoms with Crippen molar-refractivity contribution in [2.75, 3.05) is 45.5 Å². The molecule has 1 amide bonds. The van der Waals surface area contributed by atoms with Crippen molar-refractivity contribution in [1.29, 1.82) is 0 Å². The van der Waals surface area contributed by atoms with Gasteiger partial charge in [0.05, 0.1) is 42.1 Å². The summed E-state index contributed by atoms with van der Waals surface area (Å²) in [5.41, 5.74) is 1.91. The first-order chi connectivity index (χ1) is 15.7. The molecule has 0 bridgehead atoms. The second-order valence-electron chi connectivity index (χ2n) is 6.81. The zero-order valence-corrected chi connectivity index (χ0v) is 20.8. The van der Waals surface area contributed by atoms with Gasteiger partial charge in [-0.3, -0.25) is 4.79 Å². The molecule has 0 atom stereocenters. The van der Waals surface area contributed by atoms with Crippen LogP contribution in [0.25, 0.3) is 11.3 Å². The van der Waals surface area contributed by atoms with Crippen LogP contribution in [-0.4, -0.2) is 58.5 Å². The van der Waals surface area contributed by atoms with Gasteiger partial charge in [0.1, 0.15) is 11.5 Å². The van der Waals surface area contributed by atoms with Crippen LogP contribution < -0.4 is 20.1 Å². The van der Waals surface area contributed by atoms with Gasteiger partial charge in [-0.25, -0.2) is 13.4 Å². The standard InChI is InChI=1S/C21H23ClN4O5S2/c1-23-21-25-17(12-32-21)13-5-7-19(31-4)16(9-13)24-20(27)11-26(2)33(28,29)14-6-8-18(30-3)15(22)10-14/h5-10,12H,11H2,1-4H3,(H,23,25)(H,24,27). The minimum absolute atomic E-state index is 0.0490. The molecule has 0 aliphatic carbocycles. The molecule has 1 aromatic heterocycles. The highest BCUT2D eigenvalue weighted by atomic mass is 35.5. The first-order valence-corrected chi connectivity index (χ1v) is 12.3. The van der Waals surface area contributed by atoms with Crippen LogP contribution >= 0.6 is 22.9 Å². The molecule has 0 unspecified atom stereocenters. The van der Waals surface area contributed by atoms with Gasteiger partial charge in [-0.1, -0.05) is 11.6 Å². The Morgan fingerprint density at radius 2 is 1.85 bits per heavy atom. The third-order valence-electron chi connectivity index (χ3n) is 4.69. The van der Waals surface area contributed by atoms with Crippen LogP contribution in [-0.2, 0) is 14.8 Å². The van der Waals surface area contributed by atoms with E-state index in [-0.39, 0.29) is 9.92 Å². The molecule has 3 rings (SSSR count). The predicted octanol–water partition coefficient (Wildman–Crippen LogP) is 3.78. The van der Waals surface area contributed by atoms with E-state index in [0.717, 1.165) is 20.7 Å². The van der Waals surface area contributed by atoms with Crippen molar-refractivity contribution in [3.63, 3.8) is 0 Å². The number of hydrogen-bond donors (Lipinski definition) is 2. The van der Waals surface area contributed by atoms with Crippen LogP contribution in [0.5, 0.6) is 11.5 Å². The van der Waals surface area contributed by atoms with E-state index in [1.165, 1.54) is 50.8 Å². The number of thiazole rings is 1. The molecule has 2 N–H and O–H groups in total. The summed E-state index contributed by atoms with van der Waals surface area (Å²) < 4.78 is 37.1. The van der Waals surface area contributed by atoms with Crippen molar-refractivity contribution < 1.29 is 22.7 Å². The highest BCUT2D eigenvalue weighted by molar-refractivity contribution is 7.89. The summed E-state index contributed by atoms with van der Waals surface area (Å²) in [5.74, 6) is 0.249. The molecule has 3 aromatic rings. The Labute approximate surface area is 201 Å². The Morgan fingerprint density at radius 1 is 1.15 bits per heavy atom. The van der Waals surface area contributed by atoms with Gasteiger partial charge in [0.25, 0.3) is 0 Å². The molecular formula is C21H23ClN4O5S2. The van der Waals surface area contributed by atoms with Crippen LogP contribution in [0.1, 0.15) is 0 Å². The molecule has 9 nitrogen and oxygen atoms in total. The average Bonchev–Trinajstić information content (AvgIpc) is 3.28. The number of nitrogens with one attached hydrogen (secondary N) is 2. The average molecular weight is 511 g/mol. The maximum absolute atomic E-state index is 12.9. The summed E-state index contributed by atoms with van der Waals surface area (Å²) in [7, 11) is 2.06. The van der Waals surface area contributed by atoms with E-state index >= 15 is 0 Å². The van der Waals surface area contributed by atoms with Crippen molar-refractivity contribution in [2.45, 2.75) is 4.90 Å². The molecule has 2 aromatic carbocycles. The number of carbonyl (C=O) groups excluding carboxylic acids is 1. The zero-order valence-electron chi connectivity index (χ0n) is 18.4. The fourth-order valence-electron chi connectivity index (χ4n) is 2.95. The zero-order chi connectivity index (χ0) is 24.2. The van der Waals surface area contributed by atoms with Crippen molar-refractivity contribution in [3.05, 3.63) is 46.8 Å². The molecule has 0 aliphatic rings. The number of methoxy groups -OCH3 is 2. The van der Waals surface area contributed by atoms with E-state index < -0.39 is 22.5 Å². The SMILES string of the molecule is CNc1nc(-c2ccc(OC)c(NC(=O)CN(C)S(=O)(=O)c3ccc(OC)c(Cl)c3)c2)cs1. The molecule has 1 heterocycles. The summed E-state index contributed by atoms with van der Waals surface area (Å²) in [5, 5.41) is 8.50. The number of rotatable bonds is 9. The smallest absolute Gasteiger partial charge is 0.243 e. The van der Waals surface area contributed by atoms with E-state index in [0.29, 0.717) is 17.2 Å². The van der Waals surface area contributed by atoms with Crippen molar-refractivity contribution >= 4 is 49.7 Å². The number of benzene rings is 2. The first-order valence-electron chi connectivity index (χ1n) is 9.61. The van der Waals surface area contributed by atoms with Crippen molar-refractivity contribution in [1.82, 2.24) is 9.29 Å². The van der Waals surface area contributed by atoms with Crippen LogP contribution in [0.3, 0.4) is 0 Å². The molecule has 0 spiro atoms. The van der Waals surface area contributed by atoms with E-state index in [2.05, 4.69) is 15.6 Å². The van der Waals surface area contributed by atoms with Gasteiger partial charge in [0.2, 0.25) is 15.9 Å². The van der Waals surface area contributed by atoms with Gasteiger partial charge in [-0.15, -0.1) is 11.3 Å². The van der Waals surface area contributed by atoms with E-state index in [4.69, 9.17) is 21.1 Å². The van der Waals surface area contributed by atoms with Gasteiger partial charge in [-0.2, -0.15) is 4.31 Å². The number of nitrogens with zero attached hydrogens (tertiary/aromatic N) is 2. The lowest BCUT2D eigenvalue weighted by Gasteiger charge is -2.18. The van der Waals surface area contributed by atoms with Gasteiger partial charge in [0.15, 0.2) is 5.13 Å². The molecule has 0 saturated carbocycles. The number of carbonyl (C=O) groups is 1. The monoisotopic (exact) mass is 510 g/mol. The largest absolute Gasteiger partial charge is 0.495 e. The second kappa shape index (κ2) is 10.4. The van der Waals surface area contributed by atoms with Crippen molar-refractivity contribution in [3.8, 4) is 22.8 Å². The molecular weight excluding hydrogens is 488 g/mol. The second-order valence-corrected chi connectivity index (χ2v) is 10.1. The van der Waals surface area contributed by atoms with Gasteiger partial charge in [-0.05, 0) is 36.4 Å². The fourth-order valence-corrected chi connectivity index (χ4v) is 5.11. The molecule has 0 radical (unpaired) electrons. The maximum Gasteiger partial charge on any atom is 0.243 e. The number of hydrogen-bond acceptors (Lipinski definition) is 8. The van der Waals surface area contributed by atoms with Gasteiger partial charge >= 0.3 is 0 Å². The Kier molecular flexibility index (Phi) is 7.80. The Bertz CT molecular complexity index is 1260. The minimum atomic E-state index is -3.96. The van der Waals surface area contributed by atoms with Crippen LogP contribution in [0.15, 0.2) is 46.7 Å². The van der Waals surface area contributed by atoms with Crippen LogP contribution in [0, 0.1) is 0 Å². The topological polar surface area (TPSA) is 110 Å². The first kappa shape index (κ1) is 24.8.